The van der Waals surface area contributed by atoms with Gasteiger partial charge in [0.25, 0.3) is 0 Å². The number of rotatable bonds is 3. The summed E-state index contributed by atoms with van der Waals surface area (Å²) < 4.78 is 0. The van der Waals surface area contributed by atoms with E-state index < -0.39 is 0 Å². The first-order valence-corrected chi connectivity index (χ1v) is 6.85. The SMILES string of the molecule is C=CCc1[nH]c2ccccc2c1N1CCCCC1. The van der Waals surface area contributed by atoms with Crippen LogP contribution in [-0.2, 0) is 6.42 Å². The van der Waals surface area contributed by atoms with E-state index in [1.807, 2.05) is 6.08 Å². The molecule has 1 aromatic heterocycles. The maximum absolute atomic E-state index is 3.87. The van der Waals surface area contributed by atoms with Crippen LogP contribution in [0.1, 0.15) is 25.0 Å². The zero-order chi connectivity index (χ0) is 12.4. The molecule has 2 heterocycles. The lowest BCUT2D eigenvalue weighted by molar-refractivity contribution is 0.578. The minimum absolute atomic E-state index is 0.917. The molecule has 3 rings (SSSR count). The molecular formula is C16H20N2. The summed E-state index contributed by atoms with van der Waals surface area (Å²) >= 11 is 0. The van der Waals surface area contributed by atoms with Crippen LogP contribution < -0.4 is 4.90 Å². The highest BCUT2D eigenvalue weighted by Gasteiger charge is 2.18. The summed E-state index contributed by atoms with van der Waals surface area (Å²) in [6.07, 6.45) is 6.90. The first kappa shape index (κ1) is 11.4. The molecule has 1 aliphatic rings. The Hall–Kier alpha value is -1.70. The molecular weight excluding hydrogens is 220 g/mol. The molecule has 0 radical (unpaired) electrons. The first-order chi connectivity index (χ1) is 8.90. The number of nitrogens with one attached hydrogen (secondary N) is 1. The molecule has 2 aromatic rings. The summed E-state index contributed by atoms with van der Waals surface area (Å²) in [7, 11) is 0. The van der Waals surface area contributed by atoms with Gasteiger partial charge in [0.05, 0.1) is 5.69 Å². The van der Waals surface area contributed by atoms with Crippen molar-refractivity contribution in [1.82, 2.24) is 4.98 Å². The number of hydrogen-bond acceptors (Lipinski definition) is 1. The zero-order valence-corrected chi connectivity index (χ0v) is 10.8. The van der Waals surface area contributed by atoms with E-state index in [0.29, 0.717) is 0 Å². The summed E-state index contributed by atoms with van der Waals surface area (Å²) in [6.45, 7) is 6.25. The third kappa shape index (κ3) is 1.92. The van der Waals surface area contributed by atoms with Crippen LogP contribution in [0.4, 0.5) is 5.69 Å². The Morgan fingerprint density at radius 1 is 1.17 bits per heavy atom. The second-order valence-corrected chi connectivity index (χ2v) is 5.04. The van der Waals surface area contributed by atoms with E-state index in [9.17, 15) is 0 Å². The molecule has 0 bridgehead atoms. The Kier molecular flexibility index (Phi) is 3.09. The van der Waals surface area contributed by atoms with Crippen molar-refractivity contribution >= 4 is 16.6 Å². The molecule has 0 amide bonds. The lowest BCUT2D eigenvalue weighted by Gasteiger charge is -2.29. The van der Waals surface area contributed by atoms with Gasteiger partial charge in [-0.3, -0.25) is 0 Å². The standard InChI is InChI=1S/C16H20N2/c1-2-8-15-16(18-11-6-3-7-12-18)13-9-4-5-10-14(13)17-15/h2,4-5,9-10,17H,1,3,6-8,11-12H2. The molecule has 0 atom stereocenters. The van der Waals surface area contributed by atoms with Crippen LogP contribution in [0.2, 0.25) is 0 Å². The Balaban J connectivity index is 2.10. The van der Waals surface area contributed by atoms with Crippen LogP contribution in [0.5, 0.6) is 0 Å². The topological polar surface area (TPSA) is 19.0 Å². The van der Waals surface area contributed by atoms with Crippen LogP contribution >= 0.6 is 0 Å². The van der Waals surface area contributed by atoms with E-state index in [4.69, 9.17) is 0 Å². The highest BCUT2D eigenvalue weighted by molar-refractivity contribution is 5.95. The van der Waals surface area contributed by atoms with Crippen molar-refractivity contribution in [3.8, 4) is 0 Å². The van der Waals surface area contributed by atoms with Gasteiger partial charge >= 0.3 is 0 Å². The van der Waals surface area contributed by atoms with E-state index in [2.05, 4.69) is 40.7 Å². The fourth-order valence-electron chi connectivity index (χ4n) is 2.95. The number of para-hydroxylation sites is 1. The summed E-state index contributed by atoms with van der Waals surface area (Å²) in [4.78, 5) is 6.09. The Morgan fingerprint density at radius 2 is 1.94 bits per heavy atom. The van der Waals surface area contributed by atoms with Crippen LogP contribution in [0.15, 0.2) is 36.9 Å². The minimum atomic E-state index is 0.917. The lowest BCUT2D eigenvalue weighted by Crippen LogP contribution is -2.29. The summed E-state index contributed by atoms with van der Waals surface area (Å²) in [5.41, 5.74) is 3.97. The number of piperidine rings is 1. The summed E-state index contributed by atoms with van der Waals surface area (Å²) in [5.74, 6) is 0. The molecule has 1 aromatic carbocycles. The van der Waals surface area contributed by atoms with Crippen molar-refractivity contribution in [2.75, 3.05) is 18.0 Å². The highest BCUT2D eigenvalue weighted by atomic mass is 15.1. The number of anilines is 1. The number of aromatic nitrogens is 1. The van der Waals surface area contributed by atoms with Gasteiger partial charge in [0.15, 0.2) is 0 Å². The summed E-state index contributed by atoms with van der Waals surface area (Å²) in [6, 6.07) is 8.61. The van der Waals surface area contributed by atoms with Gasteiger partial charge in [-0.05, 0) is 25.3 Å². The first-order valence-electron chi connectivity index (χ1n) is 6.85. The molecule has 0 unspecified atom stereocenters. The van der Waals surface area contributed by atoms with Crippen molar-refractivity contribution in [1.29, 1.82) is 0 Å². The second-order valence-electron chi connectivity index (χ2n) is 5.04. The van der Waals surface area contributed by atoms with E-state index >= 15 is 0 Å². The second kappa shape index (κ2) is 4.89. The summed E-state index contributed by atoms with van der Waals surface area (Å²) in [5, 5.41) is 1.36. The maximum Gasteiger partial charge on any atom is 0.0660 e. The highest BCUT2D eigenvalue weighted by Crippen LogP contribution is 2.33. The Labute approximate surface area is 108 Å². The molecule has 1 fully saturated rings. The van der Waals surface area contributed by atoms with Crippen LogP contribution in [0, 0.1) is 0 Å². The number of fused-ring (bicyclic) bond motifs is 1. The molecule has 2 nitrogen and oxygen atoms in total. The van der Waals surface area contributed by atoms with Gasteiger partial charge in [-0.2, -0.15) is 0 Å². The van der Waals surface area contributed by atoms with Crippen molar-refractivity contribution in [3.63, 3.8) is 0 Å². The number of allylic oxidation sites excluding steroid dienone is 1. The average molecular weight is 240 g/mol. The van der Waals surface area contributed by atoms with E-state index in [1.54, 1.807) is 0 Å². The molecule has 1 aliphatic heterocycles. The van der Waals surface area contributed by atoms with Gasteiger partial charge in [-0.25, -0.2) is 0 Å². The zero-order valence-electron chi connectivity index (χ0n) is 10.8. The predicted octanol–water partition coefficient (Wildman–Crippen LogP) is 3.89. The smallest absolute Gasteiger partial charge is 0.0660 e. The quantitative estimate of drug-likeness (QED) is 0.806. The van der Waals surface area contributed by atoms with Crippen LogP contribution in [0.3, 0.4) is 0 Å². The van der Waals surface area contributed by atoms with Gasteiger partial charge in [0, 0.05) is 36.1 Å². The molecule has 18 heavy (non-hydrogen) atoms. The molecule has 2 heteroatoms. The van der Waals surface area contributed by atoms with Crippen LogP contribution in [0.25, 0.3) is 10.9 Å². The molecule has 0 aliphatic carbocycles. The Bertz CT molecular complexity index is 547. The third-order valence-electron chi connectivity index (χ3n) is 3.77. The molecule has 1 N–H and O–H groups in total. The van der Waals surface area contributed by atoms with Crippen molar-refractivity contribution in [2.45, 2.75) is 25.7 Å². The number of hydrogen-bond donors (Lipinski definition) is 1. The number of H-pyrrole nitrogens is 1. The van der Waals surface area contributed by atoms with Crippen molar-refractivity contribution in [3.05, 3.63) is 42.6 Å². The van der Waals surface area contributed by atoms with E-state index in [-0.39, 0.29) is 0 Å². The fourth-order valence-corrected chi connectivity index (χ4v) is 2.95. The average Bonchev–Trinajstić information content (AvgIpc) is 2.78. The van der Waals surface area contributed by atoms with Gasteiger partial charge in [0.1, 0.15) is 0 Å². The van der Waals surface area contributed by atoms with Gasteiger partial charge in [-0.15, -0.1) is 6.58 Å². The molecule has 0 saturated carbocycles. The van der Waals surface area contributed by atoms with Crippen molar-refractivity contribution in [2.24, 2.45) is 0 Å². The van der Waals surface area contributed by atoms with Crippen molar-refractivity contribution < 1.29 is 0 Å². The van der Waals surface area contributed by atoms with Gasteiger partial charge in [-0.1, -0.05) is 24.3 Å². The van der Waals surface area contributed by atoms with E-state index in [1.165, 1.54) is 54.6 Å². The third-order valence-corrected chi connectivity index (χ3v) is 3.77. The molecule has 1 saturated heterocycles. The number of aromatic amines is 1. The largest absolute Gasteiger partial charge is 0.370 e. The van der Waals surface area contributed by atoms with Gasteiger partial charge in [0.2, 0.25) is 0 Å². The number of nitrogens with zero attached hydrogens (tertiary/aromatic N) is 1. The Morgan fingerprint density at radius 3 is 2.72 bits per heavy atom. The fraction of sp³-hybridized carbons (Fsp3) is 0.375. The monoisotopic (exact) mass is 240 g/mol. The maximum atomic E-state index is 3.87. The lowest BCUT2D eigenvalue weighted by atomic mass is 10.1. The van der Waals surface area contributed by atoms with Gasteiger partial charge < -0.3 is 9.88 Å². The predicted molar refractivity (Wildman–Crippen MR) is 78.3 cm³/mol. The molecule has 0 spiro atoms. The van der Waals surface area contributed by atoms with E-state index in [0.717, 1.165) is 6.42 Å². The van der Waals surface area contributed by atoms with Crippen LogP contribution in [-0.4, -0.2) is 18.1 Å². The number of benzene rings is 1. The normalized spacial score (nSPS) is 16.1. The minimum Gasteiger partial charge on any atom is -0.370 e. The molecule has 94 valence electrons.